The van der Waals surface area contributed by atoms with E-state index in [4.69, 9.17) is 0 Å². The van der Waals surface area contributed by atoms with Crippen LogP contribution in [0, 0.1) is 5.92 Å². The smallest absolute Gasteiger partial charge is 0.387 e. The molecule has 6 nitrogen and oxygen atoms in total. The summed E-state index contributed by atoms with van der Waals surface area (Å²) in [6.07, 6.45) is 6.57. The number of anilines is 1. The average Bonchev–Trinajstić information content (AvgIpc) is 2.69. The van der Waals surface area contributed by atoms with E-state index in [1.165, 1.54) is 12.1 Å². The zero-order valence-electron chi connectivity index (χ0n) is 15.1. The molecule has 1 aromatic heterocycles. The molecule has 1 saturated heterocycles. The topological polar surface area (TPSA) is 58.6 Å². The van der Waals surface area contributed by atoms with Gasteiger partial charge in [0.05, 0.1) is 6.20 Å². The maximum absolute atomic E-state index is 12.7. The number of hydrogen-bond acceptors (Lipinski definition) is 5. The highest BCUT2D eigenvalue weighted by Gasteiger charge is 2.27. The molecule has 0 radical (unpaired) electrons. The molecular formula is C19H22F2N4O2. The average molecular weight is 376 g/mol. The summed E-state index contributed by atoms with van der Waals surface area (Å²) in [5.41, 5.74) is 0.865. The number of rotatable bonds is 6. The van der Waals surface area contributed by atoms with Crippen LogP contribution in [0.5, 0.6) is 5.75 Å². The summed E-state index contributed by atoms with van der Waals surface area (Å²) < 4.78 is 28.7. The molecule has 1 aliphatic heterocycles. The molecular weight excluding hydrogens is 354 g/mol. The van der Waals surface area contributed by atoms with Crippen LogP contribution in [0.2, 0.25) is 0 Å². The molecule has 0 N–H and O–H groups in total. The van der Waals surface area contributed by atoms with Crippen molar-refractivity contribution in [2.45, 2.75) is 26.0 Å². The molecule has 1 aromatic carbocycles. The molecule has 2 aromatic rings. The summed E-state index contributed by atoms with van der Waals surface area (Å²) in [6.45, 7) is -0.878. The number of carbonyl (C=O) groups excluding carboxylic acids is 1. The van der Waals surface area contributed by atoms with E-state index >= 15 is 0 Å². The molecule has 0 atom stereocenters. The molecule has 8 heteroatoms. The summed E-state index contributed by atoms with van der Waals surface area (Å²) >= 11 is 0. The van der Waals surface area contributed by atoms with Crippen LogP contribution in [-0.2, 0) is 11.3 Å². The van der Waals surface area contributed by atoms with Gasteiger partial charge in [0.2, 0.25) is 5.91 Å². The number of benzene rings is 1. The summed E-state index contributed by atoms with van der Waals surface area (Å²) in [4.78, 5) is 24.9. The lowest BCUT2D eigenvalue weighted by atomic mass is 9.95. The van der Waals surface area contributed by atoms with Crippen molar-refractivity contribution in [1.82, 2.24) is 14.9 Å². The summed E-state index contributed by atoms with van der Waals surface area (Å²) in [5, 5.41) is 0. The predicted molar refractivity (Wildman–Crippen MR) is 96.5 cm³/mol. The lowest BCUT2D eigenvalue weighted by Gasteiger charge is -2.33. The largest absolute Gasteiger partial charge is 0.435 e. The normalized spacial score (nSPS) is 15.0. The van der Waals surface area contributed by atoms with Gasteiger partial charge in [0.1, 0.15) is 11.6 Å². The van der Waals surface area contributed by atoms with E-state index in [2.05, 4.69) is 19.6 Å². The molecule has 1 fully saturated rings. The first-order chi connectivity index (χ1) is 13.0. The van der Waals surface area contributed by atoms with Crippen molar-refractivity contribution in [2.75, 3.05) is 25.0 Å². The first-order valence-electron chi connectivity index (χ1n) is 8.82. The van der Waals surface area contributed by atoms with E-state index < -0.39 is 6.61 Å². The highest BCUT2D eigenvalue weighted by Crippen LogP contribution is 2.23. The van der Waals surface area contributed by atoms with E-state index in [0.717, 1.165) is 37.3 Å². The van der Waals surface area contributed by atoms with Gasteiger partial charge in [-0.15, -0.1) is 0 Å². The number of alkyl halides is 2. The Kier molecular flexibility index (Phi) is 6.16. The zero-order valence-corrected chi connectivity index (χ0v) is 15.1. The Morgan fingerprint density at radius 3 is 2.56 bits per heavy atom. The van der Waals surface area contributed by atoms with Crippen LogP contribution < -0.4 is 9.64 Å². The minimum atomic E-state index is -2.84. The van der Waals surface area contributed by atoms with Gasteiger partial charge < -0.3 is 14.5 Å². The van der Waals surface area contributed by atoms with E-state index in [-0.39, 0.29) is 17.6 Å². The van der Waals surface area contributed by atoms with Crippen molar-refractivity contribution in [2.24, 2.45) is 5.92 Å². The van der Waals surface area contributed by atoms with Crippen LogP contribution in [-0.4, -0.2) is 47.5 Å². The number of piperidine rings is 1. The second kappa shape index (κ2) is 8.75. The Hall–Kier alpha value is -2.77. The molecule has 27 heavy (non-hydrogen) atoms. The Labute approximate surface area is 156 Å². The van der Waals surface area contributed by atoms with E-state index in [9.17, 15) is 13.6 Å². The van der Waals surface area contributed by atoms with Crippen molar-refractivity contribution in [3.8, 4) is 5.75 Å². The zero-order chi connectivity index (χ0) is 19.2. The fraction of sp³-hybridized carbons (Fsp3) is 0.421. The summed E-state index contributed by atoms with van der Waals surface area (Å²) in [6, 6.07) is 6.36. The van der Waals surface area contributed by atoms with Crippen LogP contribution in [0.4, 0.5) is 14.6 Å². The highest BCUT2D eigenvalue weighted by atomic mass is 19.3. The fourth-order valence-electron chi connectivity index (χ4n) is 3.25. The first-order valence-corrected chi connectivity index (χ1v) is 8.82. The predicted octanol–water partition coefficient (Wildman–Crippen LogP) is 2.95. The van der Waals surface area contributed by atoms with Crippen molar-refractivity contribution >= 4 is 11.7 Å². The lowest BCUT2D eigenvalue weighted by Crippen LogP contribution is -2.41. The number of hydrogen-bond donors (Lipinski definition) is 0. The number of carbonyl (C=O) groups is 1. The fourth-order valence-corrected chi connectivity index (χ4v) is 3.25. The van der Waals surface area contributed by atoms with Crippen LogP contribution in [0.15, 0.2) is 42.9 Å². The number of nitrogens with zero attached hydrogens (tertiary/aromatic N) is 4. The first kappa shape index (κ1) is 19.0. The van der Waals surface area contributed by atoms with Crippen molar-refractivity contribution in [3.63, 3.8) is 0 Å². The standard InChI is InChI=1S/C19H22F2N4O2/c1-24(13-14-2-4-16(5-3-14)27-19(20)21)18(26)15-6-10-25(11-7-15)17-12-22-8-9-23-17/h2-5,8-9,12,15,19H,6-7,10-11,13H2,1H3. The second-order valence-electron chi connectivity index (χ2n) is 6.54. The Morgan fingerprint density at radius 1 is 1.26 bits per heavy atom. The summed E-state index contributed by atoms with van der Waals surface area (Å²) in [7, 11) is 1.76. The number of amides is 1. The van der Waals surface area contributed by atoms with Crippen LogP contribution in [0.25, 0.3) is 0 Å². The third-order valence-corrected chi connectivity index (χ3v) is 4.66. The molecule has 1 aliphatic rings. The minimum absolute atomic E-state index is 0.0237. The van der Waals surface area contributed by atoms with Gasteiger partial charge in [-0.25, -0.2) is 4.98 Å². The van der Waals surface area contributed by atoms with E-state index in [1.807, 2.05) is 0 Å². The van der Waals surface area contributed by atoms with Crippen molar-refractivity contribution in [1.29, 1.82) is 0 Å². The molecule has 3 rings (SSSR count). The van der Waals surface area contributed by atoms with Crippen LogP contribution >= 0.6 is 0 Å². The monoisotopic (exact) mass is 376 g/mol. The van der Waals surface area contributed by atoms with E-state index in [0.29, 0.717) is 6.54 Å². The van der Waals surface area contributed by atoms with Gasteiger partial charge in [0, 0.05) is 45.0 Å². The quantitative estimate of drug-likeness (QED) is 0.776. The van der Waals surface area contributed by atoms with Crippen LogP contribution in [0.1, 0.15) is 18.4 Å². The molecule has 0 aliphatic carbocycles. The third kappa shape index (κ3) is 5.12. The van der Waals surface area contributed by atoms with Crippen molar-refractivity contribution < 1.29 is 18.3 Å². The Balaban J connectivity index is 1.50. The molecule has 2 heterocycles. The van der Waals surface area contributed by atoms with Gasteiger partial charge in [0.25, 0.3) is 0 Å². The maximum atomic E-state index is 12.7. The van der Waals surface area contributed by atoms with Gasteiger partial charge in [-0.2, -0.15) is 8.78 Å². The Bertz CT molecular complexity index is 735. The lowest BCUT2D eigenvalue weighted by molar-refractivity contribution is -0.135. The Morgan fingerprint density at radius 2 is 1.96 bits per heavy atom. The van der Waals surface area contributed by atoms with Crippen molar-refractivity contribution in [3.05, 3.63) is 48.4 Å². The molecule has 1 amide bonds. The maximum Gasteiger partial charge on any atom is 0.387 e. The number of aromatic nitrogens is 2. The van der Waals surface area contributed by atoms with Gasteiger partial charge in [-0.05, 0) is 30.5 Å². The van der Waals surface area contributed by atoms with Gasteiger partial charge in [0.15, 0.2) is 0 Å². The highest BCUT2D eigenvalue weighted by molar-refractivity contribution is 5.79. The van der Waals surface area contributed by atoms with Crippen LogP contribution in [0.3, 0.4) is 0 Å². The second-order valence-corrected chi connectivity index (χ2v) is 6.54. The van der Waals surface area contributed by atoms with Gasteiger partial charge in [-0.1, -0.05) is 12.1 Å². The summed E-state index contributed by atoms with van der Waals surface area (Å²) in [5.74, 6) is 1.02. The van der Waals surface area contributed by atoms with Gasteiger partial charge >= 0.3 is 6.61 Å². The van der Waals surface area contributed by atoms with E-state index in [1.54, 1.807) is 42.7 Å². The molecule has 0 bridgehead atoms. The SMILES string of the molecule is CN(Cc1ccc(OC(F)F)cc1)C(=O)C1CCN(c2cnccn2)CC1. The minimum Gasteiger partial charge on any atom is -0.435 e. The number of ether oxygens (including phenoxy) is 1. The molecule has 0 unspecified atom stereocenters. The van der Waals surface area contributed by atoms with Gasteiger partial charge in [-0.3, -0.25) is 9.78 Å². The molecule has 0 spiro atoms. The third-order valence-electron chi connectivity index (χ3n) is 4.66. The molecule has 0 saturated carbocycles. The molecule has 144 valence electrons. The number of halogens is 2.